The van der Waals surface area contributed by atoms with Gasteiger partial charge in [-0.25, -0.2) is 0 Å². The predicted octanol–water partition coefficient (Wildman–Crippen LogP) is 0.421. The molecule has 3 nitrogen and oxygen atoms in total. The SMILES string of the molecule is CC(C)N1CCC(NC2CNC2)CC1. The fourth-order valence-electron chi connectivity index (χ4n) is 2.32. The third-order valence-electron chi connectivity index (χ3n) is 3.51. The summed E-state index contributed by atoms with van der Waals surface area (Å²) < 4.78 is 0. The molecule has 82 valence electrons. The molecule has 2 heterocycles. The lowest BCUT2D eigenvalue weighted by Gasteiger charge is -2.38. The Balaban J connectivity index is 1.67. The largest absolute Gasteiger partial charge is 0.314 e. The first kappa shape index (κ1) is 10.4. The smallest absolute Gasteiger partial charge is 0.0319 e. The maximum Gasteiger partial charge on any atom is 0.0319 e. The van der Waals surface area contributed by atoms with Gasteiger partial charge in [0.1, 0.15) is 0 Å². The van der Waals surface area contributed by atoms with E-state index in [0.717, 1.165) is 18.1 Å². The molecule has 2 aliphatic rings. The van der Waals surface area contributed by atoms with E-state index in [0.29, 0.717) is 0 Å². The Morgan fingerprint density at radius 2 is 1.79 bits per heavy atom. The Hall–Kier alpha value is -0.120. The van der Waals surface area contributed by atoms with Crippen LogP contribution in [-0.2, 0) is 0 Å². The zero-order chi connectivity index (χ0) is 9.97. The van der Waals surface area contributed by atoms with Gasteiger partial charge in [0, 0.05) is 31.2 Å². The molecule has 0 aromatic heterocycles. The van der Waals surface area contributed by atoms with Crippen LogP contribution in [0.25, 0.3) is 0 Å². The molecule has 3 heteroatoms. The van der Waals surface area contributed by atoms with Crippen molar-refractivity contribution in [1.82, 2.24) is 15.5 Å². The van der Waals surface area contributed by atoms with Crippen molar-refractivity contribution in [2.45, 2.75) is 44.8 Å². The predicted molar refractivity (Wildman–Crippen MR) is 59.5 cm³/mol. The maximum atomic E-state index is 3.73. The molecule has 0 radical (unpaired) electrons. The number of nitrogens with zero attached hydrogens (tertiary/aromatic N) is 1. The summed E-state index contributed by atoms with van der Waals surface area (Å²) in [6.45, 7) is 9.48. The van der Waals surface area contributed by atoms with Crippen LogP contribution >= 0.6 is 0 Å². The third-order valence-corrected chi connectivity index (χ3v) is 3.51. The van der Waals surface area contributed by atoms with Gasteiger partial charge in [-0.1, -0.05) is 0 Å². The summed E-state index contributed by atoms with van der Waals surface area (Å²) in [6, 6.07) is 2.25. The molecular weight excluding hydrogens is 174 g/mol. The molecule has 0 aliphatic carbocycles. The molecule has 2 N–H and O–H groups in total. The van der Waals surface area contributed by atoms with E-state index < -0.39 is 0 Å². The summed E-state index contributed by atoms with van der Waals surface area (Å²) in [5.41, 5.74) is 0. The molecule has 2 saturated heterocycles. The van der Waals surface area contributed by atoms with Crippen LogP contribution in [0.4, 0.5) is 0 Å². The van der Waals surface area contributed by atoms with E-state index in [4.69, 9.17) is 0 Å². The molecule has 0 atom stereocenters. The molecule has 0 bridgehead atoms. The van der Waals surface area contributed by atoms with Gasteiger partial charge in [0.15, 0.2) is 0 Å². The highest BCUT2D eigenvalue weighted by molar-refractivity contribution is 4.87. The van der Waals surface area contributed by atoms with Gasteiger partial charge in [0.2, 0.25) is 0 Å². The minimum atomic E-state index is 0.723. The Kier molecular flexibility index (Phi) is 3.42. The fraction of sp³-hybridized carbons (Fsp3) is 1.00. The van der Waals surface area contributed by atoms with Crippen molar-refractivity contribution in [1.29, 1.82) is 0 Å². The van der Waals surface area contributed by atoms with Crippen molar-refractivity contribution >= 4 is 0 Å². The Labute approximate surface area is 87.2 Å². The lowest BCUT2D eigenvalue weighted by molar-refractivity contribution is 0.151. The molecule has 0 saturated carbocycles. The average Bonchev–Trinajstić information content (AvgIpc) is 2.12. The minimum absolute atomic E-state index is 0.723. The van der Waals surface area contributed by atoms with Gasteiger partial charge in [0.05, 0.1) is 0 Å². The second-order valence-electron chi connectivity index (χ2n) is 4.93. The Morgan fingerprint density at radius 3 is 2.21 bits per heavy atom. The van der Waals surface area contributed by atoms with Gasteiger partial charge in [-0.05, 0) is 39.8 Å². The van der Waals surface area contributed by atoms with Gasteiger partial charge in [0.25, 0.3) is 0 Å². The number of likely N-dealkylation sites (tertiary alicyclic amines) is 1. The summed E-state index contributed by atoms with van der Waals surface area (Å²) in [6.07, 6.45) is 2.66. The van der Waals surface area contributed by atoms with Crippen molar-refractivity contribution in [3.63, 3.8) is 0 Å². The number of hydrogen-bond donors (Lipinski definition) is 2. The van der Waals surface area contributed by atoms with Crippen molar-refractivity contribution < 1.29 is 0 Å². The second-order valence-corrected chi connectivity index (χ2v) is 4.93. The van der Waals surface area contributed by atoms with Crippen LogP contribution in [0.15, 0.2) is 0 Å². The summed E-state index contributed by atoms with van der Waals surface area (Å²) in [5, 5.41) is 7.03. The lowest BCUT2D eigenvalue weighted by atomic mass is 10.0. The van der Waals surface area contributed by atoms with E-state index >= 15 is 0 Å². The van der Waals surface area contributed by atoms with E-state index in [1.807, 2.05) is 0 Å². The molecule has 0 amide bonds. The molecule has 14 heavy (non-hydrogen) atoms. The van der Waals surface area contributed by atoms with Gasteiger partial charge in [-0.2, -0.15) is 0 Å². The van der Waals surface area contributed by atoms with Gasteiger partial charge >= 0.3 is 0 Å². The summed E-state index contributed by atoms with van der Waals surface area (Å²) in [5.74, 6) is 0. The molecule has 0 aromatic carbocycles. The Bertz CT molecular complexity index is 169. The summed E-state index contributed by atoms with van der Waals surface area (Å²) in [7, 11) is 0. The second kappa shape index (κ2) is 4.60. The standard InChI is InChI=1S/C11H23N3/c1-9(2)14-5-3-10(4-6-14)13-11-7-12-8-11/h9-13H,3-8H2,1-2H3. The number of piperidine rings is 1. The highest BCUT2D eigenvalue weighted by Gasteiger charge is 2.24. The topological polar surface area (TPSA) is 27.3 Å². The van der Waals surface area contributed by atoms with E-state index in [9.17, 15) is 0 Å². The van der Waals surface area contributed by atoms with Crippen LogP contribution in [0.5, 0.6) is 0 Å². The number of nitrogens with one attached hydrogen (secondary N) is 2. The van der Waals surface area contributed by atoms with Crippen molar-refractivity contribution in [2.75, 3.05) is 26.2 Å². The van der Waals surface area contributed by atoms with Crippen LogP contribution in [0.1, 0.15) is 26.7 Å². The molecule has 2 rings (SSSR count). The third kappa shape index (κ3) is 2.47. The first-order valence-corrected chi connectivity index (χ1v) is 5.96. The van der Waals surface area contributed by atoms with Crippen molar-refractivity contribution in [2.24, 2.45) is 0 Å². The Morgan fingerprint density at radius 1 is 1.14 bits per heavy atom. The van der Waals surface area contributed by atoms with Crippen molar-refractivity contribution in [3.8, 4) is 0 Å². The van der Waals surface area contributed by atoms with E-state index in [1.54, 1.807) is 0 Å². The molecular formula is C11H23N3. The van der Waals surface area contributed by atoms with Gasteiger partial charge in [-0.15, -0.1) is 0 Å². The molecule has 2 fully saturated rings. The van der Waals surface area contributed by atoms with Crippen LogP contribution in [-0.4, -0.2) is 49.2 Å². The van der Waals surface area contributed by atoms with Crippen LogP contribution < -0.4 is 10.6 Å². The number of rotatable bonds is 3. The van der Waals surface area contributed by atoms with E-state index in [2.05, 4.69) is 29.4 Å². The van der Waals surface area contributed by atoms with Crippen LogP contribution in [0.3, 0.4) is 0 Å². The fourth-order valence-corrected chi connectivity index (χ4v) is 2.32. The molecule has 2 aliphatic heterocycles. The zero-order valence-electron chi connectivity index (χ0n) is 9.42. The summed E-state index contributed by atoms with van der Waals surface area (Å²) >= 11 is 0. The molecule has 0 spiro atoms. The van der Waals surface area contributed by atoms with Crippen LogP contribution in [0.2, 0.25) is 0 Å². The quantitative estimate of drug-likeness (QED) is 0.687. The first-order valence-electron chi connectivity index (χ1n) is 5.96. The molecule has 0 unspecified atom stereocenters. The maximum absolute atomic E-state index is 3.73. The van der Waals surface area contributed by atoms with Crippen LogP contribution in [0, 0.1) is 0 Å². The van der Waals surface area contributed by atoms with Gasteiger partial charge < -0.3 is 15.5 Å². The highest BCUT2D eigenvalue weighted by atomic mass is 15.2. The van der Waals surface area contributed by atoms with E-state index in [-0.39, 0.29) is 0 Å². The monoisotopic (exact) mass is 197 g/mol. The zero-order valence-corrected chi connectivity index (χ0v) is 9.42. The first-order chi connectivity index (χ1) is 6.75. The minimum Gasteiger partial charge on any atom is -0.314 e. The lowest BCUT2D eigenvalue weighted by Crippen LogP contribution is -2.59. The highest BCUT2D eigenvalue weighted by Crippen LogP contribution is 2.13. The van der Waals surface area contributed by atoms with Crippen molar-refractivity contribution in [3.05, 3.63) is 0 Å². The average molecular weight is 197 g/mol. The van der Waals surface area contributed by atoms with Gasteiger partial charge in [-0.3, -0.25) is 0 Å². The molecule has 0 aromatic rings. The van der Waals surface area contributed by atoms with E-state index in [1.165, 1.54) is 39.0 Å². The normalized spacial score (nSPS) is 26.8. The summed E-state index contributed by atoms with van der Waals surface area (Å²) in [4.78, 5) is 2.58. The number of hydrogen-bond acceptors (Lipinski definition) is 3.